The molecule has 2 fully saturated rings. The molecule has 1 saturated carbocycles. The number of alkyl halides is 5. The third-order valence-electron chi connectivity index (χ3n) is 2.19. The van der Waals surface area contributed by atoms with Crippen LogP contribution >= 0.6 is 58.0 Å². The summed E-state index contributed by atoms with van der Waals surface area (Å²) >= 11 is 29.6. The van der Waals surface area contributed by atoms with Crippen LogP contribution in [0.25, 0.3) is 0 Å². The summed E-state index contributed by atoms with van der Waals surface area (Å²) in [6.45, 7) is 0. The highest BCUT2D eigenvalue weighted by Crippen LogP contribution is 2.56. The first kappa shape index (κ1) is 9.95. The number of halogens is 5. The molecule has 0 amide bonds. The van der Waals surface area contributed by atoms with Crippen LogP contribution < -0.4 is 0 Å². The summed E-state index contributed by atoms with van der Waals surface area (Å²) in [7, 11) is 0. The lowest BCUT2D eigenvalue weighted by Gasteiger charge is -2.30. The van der Waals surface area contributed by atoms with E-state index in [1.165, 1.54) is 0 Å². The van der Waals surface area contributed by atoms with Gasteiger partial charge in [0.05, 0.1) is 21.5 Å². The Morgan fingerprint density at radius 1 is 0.917 bits per heavy atom. The second kappa shape index (κ2) is 2.95. The maximum atomic E-state index is 5.97. The first-order valence-corrected chi connectivity index (χ1v) is 5.54. The summed E-state index contributed by atoms with van der Waals surface area (Å²) in [5.41, 5.74) is 0. The van der Waals surface area contributed by atoms with Gasteiger partial charge in [-0.25, -0.2) is 0 Å². The summed E-state index contributed by atoms with van der Waals surface area (Å²) in [6, 6.07) is 0. The lowest BCUT2D eigenvalue weighted by atomic mass is 9.98. The fraction of sp³-hybridized carbons (Fsp3) is 1.00. The minimum absolute atomic E-state index is 0.263. The first-order chi connectivity index (χ1) is 5.48. The fourth-order valence-electron chi connectivity index (χ4n) is 1.39. The molecular formula is C6H5Cl5O. The molecule has 6 heteroatoms. The van der Waals surface area contributed by atoms with E-state index in [9.17, 15) is 0 Å². The van der Waals surface area contributed by atoms with Gasteiger partial charge in [-0.05, 0) is 0 Å². The molecule has 0 radical (unpaired) electrons. The van der Waals surface area contributed by atoms with Gasteiger partial charge in [0.1, 0.15) is 6.10 Å². The van der Waals surface area contributed by atoms with Crippen molar-refractivity contribution in [2.45, 2.75) is 32.7 Å². The molecule has 1 saturated heterocycles. The van der Waals surface area contributed by atoms with Gasteiger partial charge < -0.3 is 4.74 Å². The molecule has 1 heterocycles. The highest BCUT2D eigenvalue weighted by Gasteiger charge is 2.70. The van der Waals surface area contributed by atoms with Crippen LogP contribution in [0.4, 0.5) is 0 Å². The van der Waals surface area contributed by atoms with E-state index in [1.54, 1.807) is 0 Å². The highest BCUT2D eigenvalue weighted by atomic mass is 35.5. The molecule has 0 N–H and O–H groups in total. The Morgan fingerprint density at radius 2 is 1.50 bits per heavy atom. The minimum Gasteiger partial charge on any atom is -0.346 e. The Hall–Kier alpha value is 1.41. The van der Waals surface area contributed by atoms with Gasteiger partial charge in [-0.2, -0.15) is 0 Å². The zero-order valence-electron chi connectivity index (χ0n) is 5.68. The van der Waals surface area contributed by atoms with Crippen LogP contribution in [0.3, 0.4) is 0 Å². The van der Waals surface area contributed by atoms with Gasteiger partial charge in [0.2, 0.25) is 0 Å². The fourth-order valence-corrected chi connectivity index (χ4v) is 3.38. The third kappa shape index (κ3) is 1.18. The monoisotopic (exact) mass is 268 g/mol. The van der Waals surface area contributed by atoms with Crippen LogP contribution in [0, 0.1) is 0 Å². The zero-order valence-corrected chi connectivity index (χ0v) is 9.46. The molecule has 0 aromatic rings. The number of hydrogen-bond donors (Lipinski definition) is 0. The Labute approximate surface area is 95.2 Å². The van der Waals surface area contributed by atoms with E-state index in [0.29, 0.717) is 0 Å². The second-order valence-electron chi connectivity index (χ2n) is 2.97. The van der Waals surface area contributed by atoms with Crippen molar-refractivity contribution < 1.29 is 4.74 Å². The molecule has 6 atom stereocenters. The molecule has 1 aliphatic heterocycles. The molecule has 6 unspecified atom stereocenters. The predicted octanol–water partition coefficient (Wildman–Crippen LogP) is 2.76. The maximum Gasteiger partial charge on any atom is 0.187 e. The van der Waals surface area contributed by atoms with Crippen LogP contribution in [0.15, 0.2) is 0 Å². The van der Waals surface area contributed by atoms with Crippen LogP contribution in [0.5, 0.6) is 0 Å². The van der Waals surface area contributed by atoms with Crippen molar-refractivity contribution in [1.82, 2.24) is 0 Å². The molecular weight excluding hydrogens is 265 g/mol. The van der Waals surface area contributed by atoms with Gasteiger partial charge in [0.25, 0.3) is 0 Å². The van der Waals surface area contributed by atoms with Crippen LogP contribution in [-0.4, -0.2) is 32.7 Å². The van der Waals surface area contributed by atoms with Gasteiger partial charge in [-0.1, -0.05) is 11.6 Å². The van der Waals surface area contributed by atoms with Crippen molar-refractivity contribution in [3.63, 3.8) is 0 Å². The highest BCUT2D eigenvalue weighted by molar-refractivity contribution is 6.43. The lowest BCUT2D eigenvalue weighted by molar-refractivity contribution is 0.355. The largest absolute Gasteiger partial charge is 0.346 e. The van der Waals surface area contributed by atoms with Gasteiger partial charge in [-0.3, -0.25) is 0 Å². The molecule has 0 bridgehead atoms. The minimum atomic E-state index is -0.883. The van der Waals surface area contributed by atoms with Crippen LogP contribution in [0.1, 0.15) is 0 Å². The van der Waals surface area contributed by atoms with E-state index >= 15 is 0 Å². The molecule has 0 aromatic heterocycles. The van der Waals surface area contributed by atoms with Crippen molar-refractivity contribution in [3.05, 3.63) is 0 Å². The number of epoxide rings is 1. The van der Waals surface area contributed by atoms with E-state index < -0.39 is 21.2 Å². The number of fused-ring (bicyclic) bond motifs is 1. The summed E-state index contributed by atoms with van der Waals surface area (Å²) in [6.07, 6.45) is -0.263. The molecule has 0 spiro atoms. The van der Waals surface area contributed by atoms with Crippen molar-refractivity contribution in [2.75, 3.05) is 0 Å². The molecule has 70 valence electrons. The SMILES string of the molecule is ClC1C(Cl)C(Cl)C2(Cl)OC2C1Cl. The summed E-state index contributed by atoms with van der Waals surface area (Å²) in [5, 5.41) is -2.57. The van der Waals surface area contributed by atoms with Gasteiger partial charge in [-0.15, -0.1) is 46.4 Å². The average Bonchev–Trinajstić information content (AvgIpc) is 2.72. The van der Waals surface area contributed by atoms with Crippen LogP contribution in [-0.2, 0) is 4.74 Å². The Morgan fingerprint density at radius 3 is 2.08 bits per heavy atom. The smallest absolute Gasteiger partial charge is 0.187 e. The summed E-state index contributed by atoms with van der Waals surface area (Å²) in [5.74, 6) is 0. The number of hydrogen-bond acceptors (Lipinski definition) is 1. The Bertz CT molecular complexity index is 207. The van der Waals surface area contributed by atoms with E-state index in [4.69, 9.17) is 62.7 Å². The van der Waals surface area contributed by atoms with E-state index in [-0.39, 0.29) is 11.5 Å². The standard InChI is InChI=1S/C6H5Cl5O/c7-1-2(8)4(10)6(11)5(12-6)3(1)9/h1-5H. The van der Waals surface area contributed by atoms with E-state index in [0.717, 1.165) is 0 Å². The maximum absolute atomic E-state index is 5.97. The number of ether oxygens (including phenoxy) is 1. The quantitative estimate of drug-likeness (QED) is 0.487. The summed E-state index contributed by atoms with van der Waals surface area (Å²) in [4.78, 5) is 0. The predicted molar refractivity (Wildman–Crippen MR) is 52.0 cm³/mol. The van der Waals surface area contributed by atoms with E-state index in [2.05, 4.69) is 0 Å². The molecule has 2 aliphatic rings. The Kier molecular flexibility index (Phi) is 2.44. The lowest BCUT2D eigenvalue weighted by Crippen LogP contribution is -2.48. The topological polar surface area (TPSA) is 12.5 Å². The average molecular weight is 270 g/mol. The molecule has 1 nitrogen and oxygen atoms in total. The molecule has 2 rings (SSSR count). The summed E-state index contributed by atoms with van der Waals surface area (Å²) < 4.78 is 5.16. The third-order valence-corrected chi connectivity index (χ3v) is 5.39. The van der Waals surface area contributed by atoms with Gasteiger partial charge in [0, 0.05) is 0 Å². The van der Waals surface area contributed by atoms with Crippen molar-refractivity contribution in [3.8, 4) is 0 Å². The molecule has 0 aromatic carbocycles. The Balaban J connectivity index is 2.22. The van der Waals surface area contributed by atoms with Gasteiger partial charge >= 0.3 is 0 Å². The van der Waals surface area contributed by atoms with E-state index in [1.807, 2.05) is 0 Å². The van der Waals surface area contributed by atoms with Crippen molar-refractivity contribution >= 4 is 58.0 Å². The molecule has 12 heavy (non-hydrogen) atoms. The normalized spacial score (nSPS) is 64.2. The van der Waals surface area contributed by atoms with Crippen molar-refractivity contribution in [1.29, 1.82) is 0 Å². The van der Waals surface area contributed by atoms with Crippen LogP contribution in [0.2, 0.25) is 0 Å². The van der Waals surface area contributed by atoms with Crippen molar-refractivity contribution in [2.24, 2.45) is 0 Å². The zero-order chi connectivity index (χ0) is 9.09. The first-order valence-electron chi connectivity index (χ1n) is 3.41. The number of rotatable bonds is 0. The van der Waals surface area contributed by atoms with Gasteiger partial charge in [0.15, 0.2) is 5.06 Å². The second-order valence-corrected chi connectivity index (χ2v) is 5.54. The molecule has 1 aliphatic carbocycles.